The molecule has 0 bridgehead atoms. The van der Waals surface area contributed by atoms with Gasteiger partial charge in [0.2, 0.25) is 11.8 Å². The van der Waals surface area contributed by atoms with E-state index < -0.39 is 47.5 Å². The molecule has 2 aromatic carbocycles. The Bertz CT molecular complexity index is 2760. The molecule has 2 unspecified atom stereocenters. The largest absolute Gasteiger partial charge is 0.466 e. The zero-order chi connectivity index (χ0) is 44.6. The van der Waals surface area contributed by atoms with E-state index >= 15 is 0 Å². The number of carbonyl (C=O) groups excluding carboxylic acids is 4. The summed E-state index contributed by atoms with van der Waals surface area (Å²) in [5.74, 6) is -6.95. The molecule has 4 heterocycles. The molecule has 2 aliphatic heterocycles. The fourth-order valence-electron chi connectivity index (χ4n) is 8.00. The number of nitrogens with two attached hydrogens (primary N) is 3. The Morgan fingerprint density at radius 2 is 1.19 bits per heavy atom. The number of esters is 3. The number of hydrogen-bond donors (Lipinski definition) is 5. The van der Waals surface area contributed by atoms with Crippen molar-refractivity contribution in [3.63, 3.8) is 0 Å². The van der Waals surface area contributed by atoms with Crippen molar-refractivity contribution in [2.75, 3.05) is 20.3 Å². The lowest BCUT2D eigenvalue weighted by Crippen LogP contribution is -2.39. The van der Waals surface area contributed by atoms with Crippen molar-refractivity contribution in [3.05, 3.63) is 115 Å². The summed E-state index contributed by atoms with van der Waals surface area (Å²) in [6.07, 6.45) is 1.41. The van der Waals surface area contributed by atoms with E-state index in [9.17, 15) is 38.5 Å². The number of nitrogens with zero attached hydrogens (tertiary/aromatic N) is 2. The molecule has 4 aliphatic rings. The summed E-state index contributed by atoms with van der Waals surface area (Å²) >= 11 is 2.69. The molecule has 2 saturated carbocycles. The fraction of sp³-hybridized carbons (Fsp3) is 0.318. The number of amides is 1. The number of carbonyl (C=O) groups is 4. The molecule has 2 aromatic heterocycles. The summed E-state index contributed by atoms with van der Waals surface area (Å²) in [4.78, 5) is 51.2. The molecule has 8 rings (SSSR count). The van der Waals surface area contributed by atoms with Crippen LogP contribution in [0.1, 0.15) is 73.6 Å². The second-order valence-electron chi connectivity index (χ2n) is 15.4. The monoisotopic (exact) mass is 881 g/mol. The predicted molar refractivity (Wildman–Crippen MR) is 226 cm³/mol. The van der Waals surface area contributed by atoms with E-state index in [1.54, 1.807) is 49.6 Å². The van der Waals surface area contributed by atoms with Gasteiger partial charge in [0.25, 0.3) is 0 Å². The molecule has 0 saturated heterocycles. The van der Waals surface area contributed by atoms with E-state index in [1.807, 2.05) is 11.4 Å². The van der Waals surface area contributed by atoms with Crippen molar-refractivity contribution in [2.24, 2.45) is 29.0 Å². The standard InChI is InChI=1S/C23H21F2N3O4S.C21H20N4O3S/c1-11-16(21(29)31-2)17(15-10-33-19-13(8-26)4-3-5-14(15)19)18(20(27)28-11)22(30)32-9-12-6-23(24,25)7-12;1-10-15(20(24)26)16(14-9-29-18-12(7-22)3-2-4-13(14)18)17(19(23)25-10)21(27)28-8-11-5-6-11/h3-5,10,12,17,28H,6-7,9,27H2,1-2H3;2-4,9,11,16,25H,5-6,8,23H2,1H3,(H2,24,26). The third kappa shape index (κ3) is 8.31. The maximum absolute atomic E-state index is 13.2. The second kappa shape index (κ2) is 17.3. The van der Waals surface area contributed by atoms with Crippen molar-refractivity contribution < 1.29 is 42.2 Å². The van der Waals surface area contributed by atoms with Crippen molar-refractivity contribution in [3.8, 4) is 12.1 Å². The summed E-state index contributed by atoms with van der Waals surface area (Å²) < 4.78 is 43.6. The van der Waals surface area contributed by atoms with Gasteiger partial charge in [0.1, 0.15) is 23.8 Å². The molecule has 14 nitrogen and oxygen atoms in total. The number of rotatable bonds is 10. The minimum atomic E-state index is -2.73. The molecular formula is C44H41F2N7O7S2. The number of thiophene rings is 2. The van der Waals surface area contributed by atoms with Crippen molar-refractivity contribution in [1.29, 1.82) is 10.5 Å². The molecule has 0 spiro atoms. The number of allylic oxidation sites excluding steroid dienone is 2. The Balaban J connectivity index is 0.000000188. The normalized spacial score (nSPS) is 19.7. The zero-order valence-electron chi connectivity index (χ0n) is 33.7. The minimum Gasteiger partial charge on any atom is -0.466 e. The first kappa shape index (κ1) is 43.3. The van der Waals surface area contributed by atoms with E-state index in [0.717, 1.165) is 22.9 Å². The molecule has 2 fully saturated rings. The third-order valence-electron chi connectivity index (χ3n) is 11.2. The van der Waals surface area contributed by atoms with Crippen LogP contribution in [-0.4, -0.2) is 50.1 Å². The van der Waals surface area contributed by atoms with Crippen molar-refractivity contribution in [2.45, 2.75) is 57.3 Å². The minimum absolute atomic E-state index is 0.00452. The first-order valence-electron chi connectivity index (χ1n) is 19.4. The summed E-state index contributed by atoms with van der Waals surface area (Å²) in [6.45, 7) is 3.50. The number of alkyl halides is 2. The summed E-state index contributed by atoms with van der Waals surface area (Å²) in [6, 6.07) is 14.9. The van der Waals surface area contributed by atoms with Gasteiger partial charge in [-0.1, -0.05) is 24.3 Å². The van der Waals surface area contributed by atoms with Gasteiger partial charge in [-0.05, 0) is 77.4 Å². The van der Waals surface area contributed by atoms with Crippen LogP contribution in [0.2, 0.25) is 0 Å². The highest BCUT2D eigenvalue weighted by atomic mass is 32.1. The number of dihydropyridines is 2. The number of hydrogen-bond acceptors (Lipinski definition) is 15. The Labute approximate surface area is 362 Å². The third-order valence-corrected chi connectivity index (χ3v) is 13.3. The van der Waals surface area contributed by atoms with E-state index in [1.165, 1.54) is 29.8 Å². The highest BCUT2D eigenvalue weighted by molar-refractivity contribution is 7.18. The Morgan fingerprint density at radius 1 is 0.742 bits per heavy atom. The van der Waals surface area contributed by atoms with Gasteiger partial charge in [-0.2, -0.15) is 10.5 Å². The Kier molecular flexibility index (Phi) is 12.1. The SMILES string of the molecule is CC1=C(C(N)=O)C(c2csc3c(C#N)cccc23)C(C(=O)OCC2CC2)=C(N)N1.COC(=O)C1=C(C)NC(N)=C(C(=O)OCC2CC(F)(F)C2)C1c1csc2c(C#N)cccc12. The summed E-state index contributed by atoms with van der Waals surface area (Å²) in [7, 11) is 1.23. The van der Waals surface area contributed by atoms with E-state index in [2.05, 4.69) is 22.8 Å². The van der Waals surface area contributed by atoms with E-state index in [-0.39, 0.29) is 53.4 Å². The zero-order valence-corrected chi connectivity index (χ0v) is 35.4. The second-order valence-corrected chi connectivity index (χ2v) is 17.2. The number of nitrogens with one attached hydrogen (secondary N) is 2. The molecule has 2 aliphatic carbocycles. The number of benzene rings is 2. The highest BCUT2D eigenvalue weighted by Gasteiger charge is 2.46. The summed E-state index contributed by atoms with van der Waals surface area (Å²) in [5.41, 5.74) is 21.9. The topological polar surface area (TPSA) is 246 Å². The van der Waals surface area contributed by atoms with Crippen LogP contribution in [0.3, 0.4) is 0 Å². The summed E-state index contributed by atoms with van der Waals surface area (Å²) in [5, 5.41) is 29.7. The molecule has 62 heavy (non-hydrogen) atoms. The molecule has 18 heteroatoms. The number of ether oxygens (including phenoxy) is 3. The van der Waals surface area contributed by atoms with Crippen LogP contribution >= 0.6 is 22.7 Å². The number of halogens is 2. The fourth-order valence-corrected chi connectivity index (χ4v) is 10.1. The maximum atomic E-state index is 13.2. The average Bonchev–Trinajstić information content (AvgIpc) is 3.80. The molecule has 8 N–H and O–H groups in total. The highest BCUT2D eigenvalue weighted by Crippen LogP contribution is 2.46. The molecule has 320 valence electrons. The Hall–Kier alpha value is -6.76. The molecular weight excluding hydrogens is 841 g/mol. The van der Waals surface area contributed by atoms with Crippen LogP contribution in [-0.2, 0) is 33.4 Å². The van der Waals surface area contributed by atoms with Gasteiger partial charge in [0.05, 0.1) is 69.4 Å². The average molecular weight is 882 g/mol. The van der Waals surface area contributed by atoms with Gasteiger partial charge in [0, 0.05) is 35.7 Å². The van der Waals surface area contributed by atoms with Crippen LogP contribution in [0.25, 0.3) is 20.2 Å². The first-order valence-corrected chi connectivity index (χ1v) is 21.2. The van der Waals surface area contributed by atoms with Gasteiger partial charge in [-0.3, -0.25) is 4.79 Å². The number of nitriles is 2. The van der Waals surface area contributed by atoms with Crippen molar-refractivity contribution in [1.82, 2.24) is 10.6 Å². The lowest BCUT2D eigenvalue weighted by atomic mass is 9.80. The smallest absolute Gasteiger partial charge is 0.338 e. The van der Waals surface area contributed by atoms with Crippen LogP contribution in [0.5, 0.6) is 0 Å². The maximum Gasteiger partial charge on any atom is 0.338 e. The quantitative estimate of drug-likeness (QED) is 0.0906. The van der Waals surface area contributed by atoms with Gasteiger partial charge in [0.15, 0.2) is 0 Å². The van der Waals surface area contributed by atoms with Crippen molar-refractivity contribution >= 4 is 66.7 Å². The van der Waals surface area contributed by atoms with Gasteiger partial charge in [-0.15, -0.1) is 22.7 Å². The molecule has 4 aromatic rings. The number of fused-ring (bicyclic) bond motifs is 2. The van der Waals surface area contributed by atoms with Gasteiger partial charge >= 0.3 is 17.9 Å². The Morgan fingerprint density at radius 3 is 1.61 bits per heavy atom. The molecule has 0 radical (unpaired) electrons. The van der Waals surface area contributed by atoms with Crippen LogP contribution in [0.15, 0.2) is 92.5 Å². The lowest BCUT2D eigenvalue weighted by Gasteiger charge is -2.35. The molecule has 2 atom stereocenters. The van der Waals surface area contributed by atoms with Crippen LogP contribution in [0.4, 0.5) is 8.78 Å². The number of primary amides is 1. The first-order chi connectivity index (χ1) is 29.6. The lowest BCUT2D eigenvalue weighted by molar-refractivity contribution is -0.154. The molecule has 1 amide bonds. The van der Waals surface area contributed by atoms with Gasteiger partial charge < -0.3 is 42.0 Å². The predicted octanol–water partition coefficient (Wildman–Crippen LogP) is 6.01. The van der Waals surface area contributed by atoms with Crippen LogP contribution in [0, 0.1) is 34.5 Å². The van der Waals surface area contributed by atoms with E-state index in [4.69, 9.17) is 31.4 Å². The number of methoxy groups -OCH3 is 1. The van der Waals surface area contributed by atoms with E-state index in [0.29, 0.717) is 56.3 Å². The van der Waals surface area contributed by atoms with Crippen LogP contribution < -0.4 is 27.8 Å². The van der Waals surface area contributed by atoms with Gasteiger partial charge in [-0.25, -0.2) is 23.2 Å².